The summed E-state index contributed by atoms with van der Waals surface area (Å²) in [6.45, 7) is 2.03. The van der Waals surface area contributed by atoms with E-state index in [0.29, 0.717) is 0 Å². The highest BCUT2D eigenvalue weighted by Gasteiger charge is 2.32. The van der Waals surface area contributed by atoms with Crippen LogP contribution < -0.4 is 0 Å². The molecule has 0 spiro atoms. The number of benzene rings is 3. The molecule has 0 fully saturated rings. The number of hydrogen-bond donors (Lipinski definition) is 0. The first-order valence-electron chi connectivity index (χ1n) is 10.6. The van der Waals surface area contributed by atoms with E-state index in [2.05, 4.69) is 36.4 Å². The highest BCUT2D eigenvalue weighted by Crippen LogP contribution is 2.33. The van der Waals surface area contributed by atoms with Crippen LogP contribution in [0.15, 0.2) is 91.0 Å². The number of aryl methyl sites for hydroxylation is 1. The van der Waals surface area contributed by atoms with Crippen LogP contribution >= 0.6 is 0 Å². The van der Waals surface area contributed by atoms with E-state index in [1.807, 2.05) is 61.5 Å². The van der Waals surface area contributed by atoms with Crippen molar-refractivity contribution in [3.8, 4) is 0 Å². The van der Waals surface area contributed by atoms with Crippen molar-refractivity contribution in [2.45, 2.75) is 19.3 Å². The zero-order valence-corrected chi connectivity index (χ0v) is 18.7. The van der Waals surface area contributed by atoms with Crippen LogP contribution in [0.5, 0.6) is 0 Å². The summed E-state index contributed by atoms with van der Waals surface area (Å²) >= 11 is 0. The van der Waals surface area contributed by atoms with Crippen molar-refractivity contribution < 1.29 is 19.1 Å². The zero-order valence-electron chi connectivity index (χ0n) is 18.7. The van der Waals surface area contributed by atoms with Gasteiger partial charge in [-0.2, -0.15) is 0 Å². The Morgan fingerprint density at radius 1 is 0.781 bits per heavy atom. The number of esters is 2. The van der Waals surface area contributed by atoms with E-state index in [-0.39, 0.29) is 12.3 Å². The molecule has 0 heterocycles. The zero-order chi connectivity index (χ0) is 22.9. The molecule has 0 radical (unpaired) electrons. The van der Waals surface area contributed by atoms with Gasteiger partial charge in [-0.15, -0.1) is 0 Å². The first-order chi connectivity index (χ1) is 15.5. The Labute approximate surface area is 189 Å². The first-order valence-corrected chi connectivity index (χ1v) is 10.6. The molecule has 164 valence electrons. The fourth-order valence-electron chi connectivity index (χ4n) is 3.82. The summed E-state index contributed by atoms with van der Waals surface area (Å²) in [6, 6.07) is 28.3. The predicted octanol–water partition coefficient (Wildman–Crippen LogP) is 5.56. The predicted molar refractivity (Wildman–Crippen MR) is 126 cm³/mol. The molecule has 3 aromatic carbocycles. The number of methoxy groups -OCH3 is 2. The smallest absolute Gasteiger partial charge is 0.320 e. The van der Waals surface area contributed by atoms with Gasteiger partial charge >= 0.3 is 11.9 Å². The Hall–Kier alpha value is -3.66. The van der Waals surface area contributed by atoms with Gasteiger partial charge in [-0.3, -0.25) is 9.59 Å². The summed E-state index contributed by atoms with van der Waals surface area (Å²) in [5.41, 5.74) is 5.28. The second-order valence-corrected chi connectivity index (χ2v) is 7.67. The molecule has 0 aliphatic rings. The molecule has 0 aromatic heterocycles. The van der Waals surface area contributed by atoms with E-state index >= 15 is 0 Å². The lowest BCUT2D eigenvalue weighted by Crippen LogP contribution is -2.28. The summed E-state index contributed by atoms with van der Waals surface area (Å²) in [7, 11) is 2.57. The Morgan fingerprint density at radius 2 is 1.31 bits per heavy atom. The van der Waals surface area contributed by atoms with Crippen molar-refractivity contribution in [1.82, 2.24) is 0 Å². The Kier molecular flexibility index (Phi) is 7.98. The summed E-state index contributed by atoms with van der Waals surface area (Å²) in [4.78, 5) is 24.9. The van der Waals surface area contributed by atoms with Crippen LogP contribution in [0.2, 0.25) is 0 Å². The van der Waals surface area contributed by atoms with Crippen molar-refractivity contribution in [3.63, 3.8) is 0 Å². The van der Waals surface area contributed by atoms with Gasteiger partial charge in [-0.1, -0.05) is 96.6 Å². The van der Waals surface area contributed by atoms with Gasteiger partial charge in [0.15, 0.2) is 5.92 Å². The Bertz CT molecular complexity index is 1010. The number of rotatable bonds is 8. The quantitative estimate of drug-likeness (QED) is 0.348. The topological polar surface area (TPSA) is 52.6 Å². The SMILES string of the molecule is COC(=O)C(CC(C=C(c1ccccc1)c1ccccc1)c1cccc(C)c1)C(=O)OC. The third-order valence-electron chi connectivity index (χ3n) is 5.47. The Morgan fingerprint density at radius 3 is 1.78 bits per heavy atom. The van der Waals surface area contributed by atoms with E-state index in [9.17, 15) is 9.59 Å². The molecule has 3 rings (SSSR count). The minimum absolute atomic E-state index is 0.214. The van der Waals surface area contributed by atoms with Gasteiger partial charge in [0, 0.05) is 5.92 Å². The van der Waals surface area contributed by atoms with Crippen molar-refractivity contribution in [1.29, 1.82) is 0 Å². The summed E-state index contributed by atoms with van der Waals surface area (Å²) in [6.07, 6.45) is 2.38. The molecule has 1 unspecified atom stereocenters. The maximum atomic E-state index is 12.4. The highest BCUT2D eigenvalue weighted by molar-refractivity contribution is 5.95. The molecule has 0 amide bonds. The number of ether oxygens (including phenoxy) is 2. The lowest BCUT2D eigenvalue weighted by Gasteiger charge is -2.21. The van der Waals surface area contributed by atoms with Crippen LogP contribution in [0.4, 0.5) is 0 Å². The van der Waals surface area contributed by atoms with Gasteiger partial charge in [-0.25, -0.2) is 0 Å². The molecule has 32 heavy (non-hydrogen) atoms. The second kappa shape index (κ2) is 11.1. The van der Waals surface area contributed by atoms with Gasteiger partial charge in [0.25, 0.3) is 0 Å². The Balaban J connectivity index is 2.15. The molecule has 3 aromatic rings. The van der Waals surface area contributed by atoms with Gasteiger partial charge in [0.05, 0.1) is 14.2 Å². The molecule has 0 saturated carbocycles. The average Bonchev–Trinajstić information content (AvgIpc) is 2.84. The van der Waals surface area contributed by atoms with Gasteiger partial charge in [-0.05, 0) is 35.6 Å². The normalized spacial score (nSPS) is 11.5. The van der Waals surface area contributed by atoms with Crippen molar-refractivity contribution in [3.05, 3.63) is 113 Å². The summed E-state index contributed by atoms with van der Waals surface area (Å²) in [5, 5.41) is 0. The monoisotopic (exact) mass is 428 g/mol. The van der Waals surface area contributed by atoms with Gasteiger partial charge in [0.1, 0.15) is 0 Å². The number of hydrogen-bond acceptors (Lipinski definition) is 4. The van der Waals surface area contributed by atoms with Gasteiger partial charge in [0.2, 0.25) is 0 Å². The molecule has 0 saturated heterocycles. The maximum Gasteiger partial charge on any atom is 0.320 e. The number of carbonyl (C=O) groups excluding carboxylic acids is 2. The maximum absolute atomic E-state index is 12.4. The van der Waals surface area contributed by atoms with Crippen LogP contribution in [0.1, 0.15) is 34.6 Å². The first kappa shape index (κ1) is 23.0. The van der Waals surface area contributed by atoms with E-state index < -0.39 is 17.9 Å². The van der Waals surface area contributed by atoms with Crippen molar-refractivity contribution in [2.24, 2.45) is 5.92 Å². The molecule has 1 atom stereocenters. The second-order valence-electron chi connectivity index (χ2n) is 7.67. The molecule has 4 heteroatoms. The number of carbonyl (C=O) groups is 2. The van der Waals surface area contributed by atoms with Crippen LogP contribution in [-0.2, 0) is 19.1 Å². The molecule has 0 bridgehead atoms. The van der Waals surface area contributed by atoms with E-state index in [1.165, 1.54) is 14.2 Å². The van der Waals surface area contributed by atoms with Crippen LogP contribution in [0.25, 0.3) is 5.57 Å². The highest BCUT2D eigenvalue weighted by atomic mass is 16.5. The summed E-state index contributed by atoms with van der Waals surface area (Å²) < 4.78 is 9.82. The van der Waals surface area contributed by atoms with Crippen LogP contribution in [-0.4, -0.2) is 26.2 Å². The lowest BCUT2D eigenvalue weighted by atomic mass is 9.84. The van der Waals surface area contributed by atoms with Crippen LogP contribution in [0, 0.1) is 12.8 Å². The minimum Gasteiger partial charge on any atom is -0.468 e. The van der Waals surface area contributed by atoms with Crippen molar-refractivity contribution >= 4 is 17.5 Å². The fraction of sp³-hybridized carbons (Fsp3) is 0.214. The molecular weight excluding hydrogens is 400 g/mol. The van der Waals surface area contributed by atoms with Gasteiger partial charge < -0.3 is 9.47 Å². The third-order valence-corrected chi connectivity index (χ3v) is 5.47. The fourth-order valence-corrected chi connectivity index (χ4v) is 3.82. The molecule has 0 aliphatic heterocycles. The van der Waals surface area contributed by atoms with E-state index in [0.717, 1.165) is 27.8 Å². The van der Waals surface area contributed by atoms with E-state index in [1.54, 1.807) is 0 Å². The summed E-state index contributed by atoms with van der Waals surface area (Å²) in [5.74, 6) is -2.42. The van der Waals surface area contributed by atoms with Crippen LogP contribution in [0.3, 0.4) is 0 Å². The molecule has 0 aliphatic carbocycles. The lowest BCUT2D eigenvalue weighted by molar-refractivity contribution is -0.159. The van der Waals surface area contributed by atoms with Crippen molar-refractivity contribution in [2.75, 3.05) is 14.2 Å². The molecular formula is C28H28O4. The molecule has 0 N–H and O–H groups in total. The molecule has 4 nitrogen and oxygen atoms in total. The largest absolute Gasteiger partial charge is 0.468 e. The minimum atomic E-state index is -1.01. The third kappa shape index (κ3) is 5.73. The average molecular weight is 429 g/mol. The van der Waals surface area contributed by atoms with E-state index in [4.69, 9.17) is 9.47 Å². The number of allylic oxidation sites excluding steroid dienone is 1. The standard InChI is InChI=1S/C28H28O4/c1-20-11-10-16-23(17-20)24(19-26(27(29)31-2)28(30)32-3)18-25(21-12-6-4-7-13-21)22-14-8-5-9-15-22/h4-18,24,26H,19H2,1-3H3.